The summed E-state index contributed by atoms with van der Waals surface area (Å²) in [6.45, 7) is 1.78. The van der Waals surface area contributed by atoms with E-state index in [1.165, 1.54) is 4.90 Å². The summed E-state index contributed by atoms with van der Waals surface area (Å²) >= 11 is 18.3. The Kier molecular flexibility index (Phi) is 9.66. The van der Waals surface area contributed by atoms with Crippen LogP contribution in [0, 0.1) is 0 Å². The minimum absolute atomic E-state index is 0.194. The molecule has 184 valence electrons. The average molecular weight is 536 g/mol. The number of benzene rings is 3. The van der Waals surface area contributed by atoms with Crippen LogP contribution in [0.4, 0.5) is 0 Å². The summed E-state index contributed by atoms with van der Waals surface area (Å²) in [6.07, 6.45) is 0. The van der Waals surface area contributed by atoms with Gasteiger partial charge in [-0.1, -0.05) is 65.1 Å². The Bertz CT molecular complexity index is 1170. The summed E-state index contributed by atoms with van der Waals surface area (Å²) in [4.78, 5) is 27.6. The second-order valence-corrected chi connectivity index (χ2v) is 8.97. The maximum atomic E-state index is 13.2. The minimum atomic E-state index is -0.787. The van der Waals surface area contributed by atoms with Crippen LogP contribution < -0.4 is 14.8 Å². The number of para-hydroxylation sites is 1. The van der Waals surface area contributed by atoms with E-state index in [9.17, 15) is 9.59 Å². The number of carbonyl (C=O) groups excluding carboxylic acids is 2. The van der Waals surface area contributed by atoms with Gasteiger partial charge < -0.3 is 19.7 Å². The van der Waals surface area contributed by atoms with E-state index in [0.717, 1.165) is 5.56 Å². The van der Waals surface area contributed by atoms with E-state index in [0.29, 0.717) is 32.1 Å². The van der Waals surface area contributed by atoms with Crippen molar-refractivity contribution in [3.8, 4) is 11.5 Å². The molecule has 0 heterocycles. The van der Waals surface area contributed by atoms with E-state index in [-0.39, 0.29) is 31.5 Å². The number of methoxy groups -OCH3 is 1. The molecule has 0 aliphatic carbocycles. The Morgan fingerprint density at radius 1 is 0.971 bits per heavy atom. The summed E-state index contributed by atoms with van der Waals surface area (Å²) in [6, 6.07) is 18.4. The van der Waals surface area contributed by atoms with Crippen molar-refractivity contribution >= 4 is 46.6 Å². The van der Waals surface area contributed by atoms with Crippen LogP contribution >= 0.6 is 34.8 Å². The van der Waals surface area contributed by atoms with Gasteiger partial charge in [-0.25, -0.2) is 0 Å². The van der Waals surface area contributed by atoms with E-state index in [1.807, 2.05) is 12.1 Å². The SMILES string of the molecule is COc1ccc(CN(C(=O)COc2ccccc2Cl)[C@@H](C)C(=O)NCc2ccc(Cl)cc2Cl)cc1. The number of nitrogens with one attached hydrogen (secondary N) is 1. The number of rotatable bonds is 10. The highest BCUT2D eigenvalue weighted by atomic mass is 35.5. The van der Waals surface area contributed by atoms with Crippen LogP contribution in [-0.4, -0.2) is 36.5 Å². The third kappa shape index (κ3) is 7.52. The molecule has 0 spiro atoms. The van der Waals surface area contributed by atoms with E-state index in [1.54, 1.807) is 68.6 Å². The Morgan fingerprint density at radius 3 is 2.34 bits per heavy atom. The molecular formula is C26H25Cl3N2O4. The zero-order chi connectivity index (χ0) is 25.4. The second-order valence-electron chi connectivity index (χ2n) is 7.72. The number of ether oxygens (including phenoxy) is 2. The van der Waals surface area contributed by atoms with Crippen LogP contribution in [-0.2, 0) is 22.7 Å². The molecule has 0 aromatic heterocycles. The van der Waals surface area contributed by atoms with Gasteiger partial charge in [-0.15, -0.1) is 0 Å². The first-order valence-electron chi connectivity index (χ1n) is 10.8. The molecule has 0 aliphatic rings. The molecule has 0 saturated carbocycles. The van der Waals surface area contributed by atoms with Crippen LogP contribution in [0.2, 0.25) is 15.1 Å². The van der Waals surface area contributed by atoms with Gasteiger partial charge in [-0.05, 0) is 54.4 Å². The highest BCUT2D eigenvalue weighted by Gasteiger charge is 2.27. The van der Waals surface area contributed by atoms with Gasteiger partial charge in [0.1, 0.15) is 17.5 Å². The minimum Gasteiger partial charge on any atom is -0.497 e. The summed E-state index contributed by atoms with van der Waals surface area (Å²) in [5, 5.41) is 4.19. The molecule has 0 aliphatic heterocycles. The van der Waals surface area contributed by atoms with Crippen molar-refractivity contribution in [2.24, 2.45) is 0 Å². The fraction of sp³-hybridized carbons (Fsp3) is 0.231. The van der Waals surface area contributed by atoms with E-state index >= 15 is 0 Å². The first-order chi connectivity index (χ1) is 16.8. The third-order valence-corrected chi connectivity index (χ3v) is 6.23. The Labute approximate surface area is 219 Å². The molecule has 0 unspecified atom stereocenters. The predicted octanol–water partition coefficient (Wildman–Crippen LogP) is 5.77. The smallest absolute Gasteiger partial charge is 0.261 e. The monoisotopic (exact) mass is 534 g/mol. The van der Waals surface area contributed by atoms with E-state index in [2.05, 4.69) is 5.32 Å². The number of carbonyl (C=O) groups is 2. The lowest BCUT2D eigenvalue weighted by Gasteiger charge is -2.29. The molecule has 0 fully saturated rings. The van der Waals surface area contributed by atoms with Crippen LogP contribution in [0.5, 0.6) is 11.5 Å². The number of nitrogens with zero attached hydrogens (tertiary/aromatic N) is 1. The number of hydrogen-bond acceptors (Lipinski definition) is 4. The topological polar surface area (TPSA) is 67.9 Å². The third-order valence-electron chi connectivity index (χ3n) is 5.34. The predicted molar refractivity (Wildman–Crippen MR) is 138 cm³/mol. The van der Waals surface area contributed by atoms with E-state index < -0.39 is 6.04 Å². The first kappa shape index (κ1) is 26.7. The largest absolute Gasteiger partial charge is 0.497 e. The molecule has 35 heavy (non-hydrogen) atoms. The van der Waals surface area contributed by atoms with Crippen LogP contribution in [0.15, 0.2) is 66.7 Å². The lowest BCUT2D eigenvalue weighted by atomic mass is 10.1. The van der Waals surface area contributed by atoms with Gasteiger partial charge in [0.2, 0.25) is 5.91 Å². The standard InChI is InChI=1S/C26H25Cl3N2O4/c1-17(26(33)30-14-19-9-10-20(27)13-23(19)29)31(15-18-7-11-21(34-2)12-8-18)25(32)16-35-24-6-4-3-5-22(24)28/h3-13,17H,14-16H2,1-2H3,(H,30,33)/t17-/m0/s1. The fourth-order valence-electron chi connectivity index (χ4n) is 3.29. The lowest BCUT2D eigenvalue weighted by molar-refractivity contribution is -0.142. The molecule has 0 saturated heterocycles. The van der Waals surface area contributed by atoms with Crippen LogP contribution in [0.1, 0.15) is 18.1 Å². The number of halogens is 3. The second kappa shape index (κ2) is 12.7. The zero-order valence-electron chi connectivity index (χ0n) is 19.3. The lowest BCUT2D eigenvalue weighted by Crippen LogP contribution is -2.48. The maximum Gasteiger partial charge on any atom is 0.261 e. The van der Waals surface area contributed by atoms with Gasteiger partial charge >= 0.3 is 0 Å². The van der Waals surface area contributed by atoms with Crippen LogP contribution in [0.3, 0.4) is 0 Å². The van der Waals surface area contributed by atoms with Gasteiger partial charge in [-0.2, -0.15) is 0 Å². The summed E-state index contributed by atoms with van der Waals surface area (Å²) < 4.78 is 10.8. The molecule has 2 amide bonds. The summed E-state index contributed by atoms with van der Waals surface area (Å²) in [7, 11) is 1.58. The van der Waals surface area contributed by atoms with Gasteiger partial charge in [0.25, 0.3) is 5.91 Å². The molecule has 0 radical (unpaired) electrons. The normalized spacial score (nSPS) is 11.5. The van der Waals surface area contributed by atoms with Gasteiger partial charge in [0, 0.05) is 23.1 Å². The first-order valence-corrected chi connectivity index (χ1v) is 11.9. The quantitative estimate of drug-likeness (QED) is 0.358. The van der Waals surface area contributed by atoms with E-state index in [4.69, 9.17) is 44.3 Å². The average Bonchev–Trinajstić information content (AvgIpc) is 2.86. The molecule has 0 bridgehead atoms. The molecule has 1 atom stereocenters. The Balaban J connectivity index is 1.73. The van der Waals surface area contributed by atoms with Crippen molar-refractivity contribution in [2.45, 2.75) is 26.1 Å². The van der Waals surface area contributed by atoms with Crippen LogP contribution in [0.25, 0.3) is 0 Å². The highest BCUT2D eigenvalue weighted by Crippen LogP contribution is 2.24. The molecular weight excluding hydrogens is 511 g/mol. The summed E-state index contributed by atoms with van der Waals surface area (Å²) in [5.41, 5.74) is 1.55. The molecule has 3 aromatic carbocycles. The van der Waals surface area contributed by atoms with Gasteiger partial charge in [-0.3, -0.25) is 9.59 Å². The van der Waals surface area contributed by atoms with Crippen molar-refractivity contribution in [3.63, 3.8) is 0 Å². The molecule has 1 N–H and O–H groups in total. The van der Waals surface area contributed by atoms with Gasteiger partial charge in [0.05, 0.1) is 12.1 Å². The molecule has 9 heteroatoms. The summed E-state index contributed by atoms with van der Waals surface area (Å²) in [5.74, 6) is 0.379. The molecule has 6 nitrogen and oxygen atoms in total. The van der Waals surface area contributed by atoms with Crippen molar-refractivity contribution in [1.82, 2.24) is 10.2 Å². The Morgan fingerprint density at radius 2 is 1.69 bits per heavy atom. The number of hydrogen-bond donors (Lipinski definition) is 1. The van der Waals surface area contributed by atoms with Crippen molar-refractivity contribution in [1.29, 1.82) is 0 Å². The zero-order valence-corrected chi connectivity index (χ0v) is 21.5. The highest BCUT2D eigenvalue weighted by molar-refractivity contribution is 6.35. The molecule has 3 aromatic rings. The fourth-order valence-corrected chi connectivity index (χ4v) is 3.96. The molecule has 3 rings (SSSR count). The maximum absolute atomic E-state index is 13.2. The Hall–Kier alpha value is -2.93. The van der Waals surface area contributed by atoms with Crippen molar-refractivity contribution in [3.05, 3.63) is 92.9 Å². The number of amides is 2. The van der Waals surface area contributed by atoms with Gasteiger partial charge in [0.15, 0.2) is 6.61 Å². The van der Waals surface area contributed by atoms with Crippen molar-refractivity contribution < 1.29 is 19.1 Å². The van der Waals surface area contributed by atoms with Crippen molar-refractivity contribution in [2.75, 3.05) is 13.7 Å².